The number of aryl methyl sites for hydroxylation is 1. The van der Waals surface area contributed by atoms with Gasteiger partial charge in [-0.1, -0.05) is 6.07 Å². The van der Waals surface area contributed by atoms with Gasteiger partial charge in [0.05, 0.1) is 19.4 Å². The highest BCUT2D eigenvalue weighted by Gasteiger charge is 2.11. The molecule has 0 aliphatic rings. The van der Waals surface area contributed by atoms with Crippen molar-refractivity contribution in [1.82, 2.24) is 9.78 Å². The van der Waals surface area contributed by atoms with E-state index in [4.69, 9.17) is 15.2 Å². The smallest absolute Gasteiger partial charge is 0.144 e. The molecule has 1 aromatic heterocycles. The zero-order chi connectivity index (χ0) is 13.8. The number of nitrogen functional groups attached to an aromatic ring is 1. The van der Waals surface area contributed by atoms with Gasteiger partial charge < -0.3 is 15.2 Å². The maximum Gasteiger partial charge on any atom is 0.144 e. The van der Waals surface area contributed by atoms with E-state index in [1.807, 2.05) is 31.2 Å². The molecule has 5 nitrogen and oxygen atoms in total. The van der Waals surface area contributed by atoms with E-state index in [1.54, 1.807) is 18.9 Å². The molecule has 0 atom stereocenters. The van der Waals surface area contributed by atoms with E-state index in [1.165, 1.54) is 0 Å². The molecule has 0 spiro atoms. The summed E-state index contributed by atoms with van der Waals surface area (Å²) in [5.41, 5.74) is 8.91. The first-order valence-corrected chi connectivity index (χ1v) is 6.14. The van der Waals surface area contributed by atoms with Crippen LogP contribution in [0.3, 0.4) is 0 Å². The first-order valence-electron chi connectivity index (χ1n) is 6.14. The largest absolute Gasteiger partial charge is 0.494 e. The molecule has 2 aromatic rings. The van der Waals surface area contributed by atoms with Crippen LogP contribution in [0.1, 0.15) is 11.3 Å². The van der Waals surface area contributed by atoms with E-state index in [0.29, 0.717) is 12.4 Å². The van der Waals surface area contributed by atoms with Gasteiger partial charge in [0, 0.05) is 19.6 Å². The zero-order valence-corrected chi connectivity index (χ0v) is 11.5. The molecular weight excluding hydrogens is 242 g/mol. The van der Waals surface area contributed by atoms with Crippen molar-refractivity contribution in [1.29, 1.82) is 0 Å². The zero-order valence-electron chi connectivity index (χ0n) is 11.5. The van der Waals surface area contributed by atoms with E-state index in [2.05, 4.69) is 5.10 Å². The number of methoxy groups -OCH3 is 2. The van der Waals surface area contributed by atoms with Gasteiger partial charge in [0.1, 0.15) is 17.3 Å². The quantitative estimate of drug-likeness (QED) is 0.893. The highest BCUT2D eigenvalue weighted by Crippen LogP contribution is 2.26. The van der Waals surface area contributed by atoms with Crippen molar-refractivity contribution in [3.63, 3.8) is 0 Å². The SMILES string of the molecule is COCCc1cc(N)n(-c2cc(C)ccc2OC)n1. The second kappa shape index (κ2) is 5.75. The molecule has 0 unspecified atom stereocenters. The van der Waals surface area contributed by atoms with Crippen molar-refractivity contribution in [2.45, 2.75) is 13.3 Å². The molecule has 1 aromatic carbocycles. The first kappa shape index (κ1) is 13.4. The molecule has 19 heavy (non-hydrogen) atoms. The molecule has 5 heteroatoms. The van der Waals surface area contributed by atoms with Crippen LogP contribution in [0.15, 0.2) is 24.3 Å². The summed E-state index contributed by atoms with van der Waals surface area (Å²) in [6.07, 6.45) is 0.738. The van der Waals surface area contributed by atoms with Gasteiger partial charge in [0.25, 0.3) is 0 Å². The predicted octanol–water partition coefficient (Wildman–Crippen LogP) is 1.96. The Balaban J connectivity index is 2.40. The minimum Gasteiger partial charge on any atom is -0.494 e. The van der Waals surface area contributed by atoms with Gasteiger partial charge in [0.15, 0.2) is 0 Å². The molecule has 0 radical (unpaired) electrons. The van der Waals surface area contributed by atoms with E-state index in [-0.39, 0.29) is 0 Å². The van der Waals surface area contributed by atoms with Crippen molar-refractivity contribution in [2.24, 2.45) is 0 Å². The second-order valence-electron chi connectivity index (χ2n) is 4.39. The third kappa shape index (κ3) is 2.88. The highest BCUT2D eigenvalue weighted by atomic mass is 16.5. The standard InChI is InChI=1S/C14H19N3O2/c1-10-4-5-13(19-3)12(8-10)17-14(15)9-11(16-17)6-7-18-2/h4-5,8-9H,6-7,15H2,1-3H3. The lowest BCUT2D eigenvalue weighted by molar-refractivity contribution is 0.201. The van der Waals surface area contributed by atoms with Crippen LogP contribution in [0, 0.1) is 6.92 Å². The summed E-state index contributed by atoms with van der Waals surface area (Å²) in [6.45, 7) is 2.65. The predicted molar refractivity (Wildman–Crippen MR) is 74.8 cm³/mol. The molecule has 1 heterocycles. The Bertz CT molecular complexity index is 564. The van der Waals surface area contributed by atoms with Crippen LogP contribution in [0.2, 0.25) is 0 Å². The minimum absolute atomic E-state index is 0.593. The summed E-state index contributed by atoms with van der Waals surface area (Å²) in [6, 6.07) is 7.78. The minimum atomic E-state index is 0.593. The van der Waals surface area contributed by atoms with Crippen LogP contribution < -0.4 is 10.5 Å². The maximum absolute atomic E-state index is 6.02. The van der Waals surface area contributed by atoms with Gasteiger partial charge in [-0.2, -0.15) is 5.10 Å². The van der Waals surface area contributed by atoms with Crippen molar-refractivity contribution < 1.29 is 9.47 Å². The molecule has 0 bridgehead atoms. The Labute approximate surface area is 112 Å². The summed E-state index contributed by atoms with van der Waals surface area (Å²) in [5, 5.41) is 4.50. The Hall–Kier alpha value is -2.01. The number of nitrogens with zero attached hydrogens (tertiary/aromatic N) is 2. The normalized spacial score (nSPS) is 10.7. The maximum atomic E-state index is 6.02. The van der Waals surface area contributed by atoms with Gasteiger partial charge >= 0.3 is 0 Å². The summed E-state index contributed by atoms with van der Waals surface area (Å²) < 4.78 is 12.1. The topological polar surface area (TPSA) is 62.3 Å². The highest BCUT2D eigenvalue weighted by molar-refractivity contribution is 5.53. The van der Waals surface area contributed by atoms with Crippen LogP contribution in [0.4, 0.5) is 5.82 Å². The molecule has 0 fully saturated rings. The second-order valence-corrected chi connectivity index (χ2v) is 4.39. The summed E-state index contributed by atoms with van der Waals surface area (Å²) >= 11 is 0. The monoisotopic (exact) mass is 261 g/mol. The number of hydrogen-bond acceptors (Lipinski definition) is 4. The molecule has 102 valence electrons. The van der Waals surface area contributed by atoms with Crippen molar-refractivity contribution >= 4 is 5.82 Å². The van der Waals surface area contributed by atoms with Gasteiger partial charge in [-0.3, -0.25) is 0 Å². The molecule has 0 amide bonds. The van der Waals surface area contributed by atoms with E-state index in [9.17, 15) is 0 Å². The average molecular weight is 261 g/mol. The van der Waals surface area contributed by atoms with Crippen LogP contribution in [0.25, 0.3) is 5.69 Å². The third-order valence-corrected chi connectivity index (χ3v) is 2.91. The van der Waals surface area contributed by atoms with Crippen LogP contribution >= 0.6 is 0 Å². The number of ether oxygens (including phenoxy) is 2. The van der Waals surface area contributed by atoms with Gasteiger partial charge in [-0.05, 0) is 24.6 Å². The third-order valence-electron chi connectivity index (χ3n) is 2.91. The number of rotatable bonds is 5. The molecule has 0 aliphatic heterocycles. The fourth-order valence-corrected chi connectivity index (χ4v) is 1.93. The number of nitrogens with two attached hydrogens (primary N) is 1. The molecule has 0 aliphatic carbocycles. The van der Waals surface area contributed by atoms with Crippen molar-refractivity contribution in [3.8, 4) is 11.4 Å². The average Bonchev–Trinajstić information content (AvgIpc) is 2.77. The van der Waals surface area contributed by atoms with Crippen molar-refractivity contribution in [3.05, 3.63) is 35.5 Å². The van der Waals surface area contributed by atoms with Crippen LogP contribution in [-0.4, -0.2) is 30.6 Å². The summed E-state index contributed by atoms with van der Waals surface area (Å²) in [5.74, 6) is 1.34. The lowest BCUT2D eigenvalue weighted by Gasteiger charge is -2.10. The molecule has 2 N–H and O–H groups in total. The number of hydrogen-bond donors (Lipinski definition) is 1. The van der Waals surface area contributed by atoms with Gasteiger partial charge in [0.2, 0.25) is 0 Å². The Morgan fingerprint density at radius 3 is 2.74 bits per heavy atom. The van der Waals surface area contributed by atoms with E-state index >= 15 is 0 Å². The Kier molecular flexibility index (Phi) is 4.06. The Morgan fingerprint density at radius 1 is 1.26 bits per heavy atom. The van der Waals surface area contributed by atoms with Crippen molar-refractivity contribution in [2.75, 3.05) is 26.6 Å². The van der Waals surface area contributed by atoms with Gasteiger partial charge in [-0.25, -0.2) is 4.68 Å². The summed E-state index contributed by atoms with van der Waals surface area (Å²) in [7, 11) is 3.31. The molecule has 0 saturated heterocycles. The Morgan fingerprint density at radius 2 is 2.05 bits per heavy atom. The fourth-order valence-electron chi connectivity index (χ4n) is 1.93. The number of aromatic nitrogens is 2. The van der Waals surface area contributed by atoms with Gasteiger partial charge in [-0.15, -0.1) is 0 Å². The fraction of sp³-hybridized carbons (Fsp3) is 0.357. The van der Waals surface area contributed by atoms with E-state index < -0.39 is 0 Å². The van der Waals surface area contributed by atoms with E-state index in [0.717, 1.165) is 29.1 Å². The molecular formula is C14H19N3O2. The molecule has 0 saturated carbocycles. The summed E-state index contributed by atoms with van der Waals surface area (Å²) in [4.78, 5) is 0. The number of benzene rings is 1. The number of anilines is 1. The lowest BCUT2D eigenvalue weighted by atomic mass is 10.2. The first-order chi connectivity index (χ1) is 9.15. The van der Waals surface area contributed by atoms with Crippen LogP contribution in [-0.2, 0) is 11.2 Å². The lowest BCUT2D eigenvalue weighted by Crippen LogP contribution is -2.05. The molecule has 2 rings (SSSR count). The van der Waals surface area contributed by atoms with Crippen LogP contribution in [0.5, 0.6) is 5.75 Å².